The number of unbranched alkanes of at least 4 members (excludes halogenated alkanes) is 1. The van der Waals surface area contributed by atoms with Crippen LogP contribution in [0.3, 0.4) is 0 Å². The molecule has 1 unspecified atom stereocenters. The molecule has 6 heteroatoms. The number of hydrogen-bond donors (Lipinski definition) is 2. The number of aliphatic hydroxyl groups excluding tert-OH is 2. The molecule has 1 saturated carbocycles. The van der Waals surface area contributed by atoms with Crippen LogP contribution in [0.5, 0.6) is 0 Å². The van der Waals surface area contributed by atoms with Crippen molar-refractivity contribution in [3.63, 3.8) is 0 Å². The lowest BCUT2D eigenvalue weighted by atomic mass is 9.89. The minimum absolute atomic E-state index is 0.0401. The van der Waals surface area contributed by atoms with Gasteiger partial charge in [-0.1, -0.05) is 38.8 Å². The Morgan fingerprint density at radius 3 is 2.93 bits per heavy atom. The number of ether oxygens (including phenoxy) is 2. The zero-order chi connectivity index (χ0) is 21.5. The van der Waals surface area contributed by atoms with Gasteiger partial charge in [-0.2, -0.15) is 5.26 Å². The number of aliphatic hydroxyl groups is 2. The Kier molecular flexibility index (Phi) is 8.35. The predicted octanol–water partition coefficient (Wildman–Crippen LogP) is 3.89. The van der Waals surface area contributed by atoms with Crippen LogP contribution in [-0.2, 0) is 9.47 Å². The van der Waals surface area contributed by atoms with Gasteiger partial charge in [-0.25, -0.2) is 0 Å². The fourth-order valence-corrected chi connectivity index (χ4v) is 4.75. The zero-order valence-electron chi connectivity index (χ0n) is 18.3. The molecule has 1 aliphatic carbocycles. The summed E-state index contributed by atoms with van der Waals surface area (Å²) in [6, 6.07) is 2.32. The molecule has 30 heavy (non-hydrogen) atoms. The fourth-order valence-electron chi connectivity index (χ4n) is 4.75. The number of aliphatic imine (C=N–C) groups is 1. The molecule has 2 heterocycles. The van der Waals surface area contributed by atoms with Crippen LogP contribution in [-0.4, -0.2) is 47.6 Å². The number of fused-ring (bicyclic) bond motifs is 1. The molecule has 0 spiro atoms. The molecule has 0 radical (unpaired) electrons. The predicted molar refractivity (Wildman–Crippen MR) is 116 cm³/mol. The third kappa shape index (κ3) is 5.65. The smallest absolute Gasteiger partial charge is 0.183 e. The van der Waals surface area contributed by atoms with Gasteiger partial charge in [-0.05, 0) is 25.2 Å². The summed E-state index contributed by atoms with van der Waals surface area (Å²) in [5, 5.41) is 30.6. The molecule has 6 atom stereocenters. The van der Waals surface area contributed by atoms with Gasteiger partial charge in [0.05, 0.1) is 30.4 Å². The van der Waals surface area contributed by atoms with E-state index in [2.05, 4.69) is 24.9 Å². The summed E-state index contributed by atoms with van der Waals surface area (Å²) in [6.07, 6.45) is 9.56. The SMILES string of the molecule is CCCC[C@H](C)[C@H](O)/C=C/[C@H]1C(O)C[C@@H]2OC(=C(C#N)CCCC3=NCCO3)C[C@@H]21. The highest BCUT2D eigenvalue weighted by molar-refractivity contribution is 5.77. The van der Waals surface area contributed by atoms with Crippen LogP contribution in [0.4, 0.5) is 0 Å². The fraction of sp³-hybridized carbons (Fsp3) is 0.750. The molecule has 0 aromatic heterocycles. The first-order chi connectivity index (χ1) is 14.5. The van der Waals surface area contributed by atoms with Crippen molar-refractivity contribution in [2.45, 2.75) is 83.5 Å². The molecule has 6 nitrogen and oxygen atoms in total. The summed E-state index contributed by atoms with van der Waals surface area (Å²) < 4.78 is 11.5. The van der Waals surface area contributed by atoms with E-state index in [1.807, 2.05) is 12.2 Å². The molecule has 0 amide bonds. The van der Waals surface area contributed by atoms with Crippen LogP contribution in [0, 0.1) is 29.1 Å². The second kappa shape index (κ2) is 11.0. The standard InChI is InChI=1S/C24H36N2O4/c1-3-4-6-16(2)20(27)10-9-18-19-13-22(30-23(19)14-21(18)28)17(15-25)7-5-8-24-26-11-12-29-24/h9-10,16,18-21,23,27-28H,3-8,11-14H2,1-2H3/b10-9+,22-17?/t16-,18+,19+,20+,21?,23-/m0/s1. The van der Waals surface area contributed by atoms with E-state index in [1.54, 1.807) is 0 Å². The molecule has 0 aromatic carbocycles. The number of rotatable bonds is 10. The second-order valence-corrected chi connectivity index (χ2v) is 8.89. The Bertz CT molecular complexity index is 708. The van der Waals surface area contributed by atoms with Crippen LogP contribution in [0.2, 0.25) is 0 Å². The number of allylic oxidation sites excluding steroid dienone is 2. The summed E-state index contributed by atoms with van der Waals surface area (Å²) >= 11 is 0. The van der Waals surface area contributed by atoms with Gasteiger partial charge >= 0.3 is 0 Å². The van der Waals surface area contributed by atoms with Gasteiger partial charge in [-0.15, -0.1) is 0 Å². The molecular formula is C24H36N2O4. The van der Waals surface area contributed by atoms with Crippen molar-refractivity contribution in [3.8, 4) is 6.07 Å². The third-order valence-corrected chi connectivity index (χ3v) is 6.67. The lowest BCUT2D eigenvalue weighted by molar-refractivity contribution is 0.110. The van der Waals surface area contributed by atoms with Crippen molar-refractivity contribution in [3.05, 3.63) is 23.5 Å². The lowest BCUT2D eigenvalue weighted by Gasteiger charge is -2.18. The minimum Gasteiger partial charge on any atom is -0.493 e. The van der Waals surface area contributed by atoms with Gasteiger partial charge in [-0.3, -0.25) is 4.99 Å². The van der Waals surface area contributed by atoms with Crippen molar-refractivity contribution in [2.75, 3.05) is 13.2 Å². The van der Waals surface area contributed by atoms with Crippen molar-refractivity contribution in [1.29, 1.82) is 5.26 Å². The topological polar surface area (TPSA) is 95.1 Å². The average molecular weight is 417 g/mol. The molecule has 0 bridgehead atoms. The number of hydrogen-bond acceptors (Lipinski definition) is 6. The molecule has 3 rings (SSSR count). The van der Waals surface area contributed by atoms with Crippen LogP contribution in [0.15, 0.2) is 28.5 Å². The first-order valence-corrected chi connectivity index (χ1v) is 11.5. The van der Waals surface area contributed by atoms with E-state index in [-0.39, 0.29) is 23.9 Å². The quantitative estimate of drug-likeness (QED) is 0.416. The summed E-state index contributed by atoms with van der Waals surface area (Å²) in [6.45, 7) is 5.62. The summed E-state index contributed by atoms with van der Waals surface area (Å²) in [5.74, 6) is 1.91. The largest absolute Gasteiger partial charge is 0.493 e. The lowest BCUT2D eigenvalue weighted by Crippen LogP contribution is -2.20. The average Bonchev–Trinajstić information content (AvgIpc) is 3.45. The van der Waals surface area contributed by atoms with Gasteiger partial charge in [0.25, 0.3) is 0 Å². The number of nitrogens with zero attached hydrogens (tertiary/aromatic N) is 2. The molecule has 3 aliphatic rings. The molecule has 1 saturated heterocycles. The molecule has 2 N–H and O–H groups in total. The highest BCUT2D eigenvalue weighted by Crippen LogP contribution is 2.46. The summed E-state index contributed by atoms with van der Waals surface area (Å²) in [5.41, 5.74) is 0.702. The minimum atomic E-state index is -0.490. The Morgan fingerprint density at radius 2 is 2.23 bits per heavy atom. The van der Waals surface area contributed by atoms with Gasteiger partial charge in [0.2, 0.25) is 0 Å². The Hall–Kier alpha value is -1.84. The van der Waals surface area contributed by atoms with Crippen LogP contribution in [0.25, 0.3) is 0 Å². The first-order valence-electron chi connectivity index (χ1n) is 11.5. The van der Waals surface area contributed by atoms with Crippen LogP contribution in [0.1, 0.15) is 65.2 Å². The first kappa shape index (κ1) is 22.8. The Labute approximate surface area is 180 Å². The molecule has 2 fully saturated rings. The van der Waals surface area contributed by atoms with Gasteiger partial charge in [0, 0.05) is 31.1 Å². The van der Waals surface area contributed by atoms with E-state index in [0.717, 1.165) is 50.3 Å². The maximum Gasteiger partial charge on any atom is 0.183 e. The monoisotopic (exact) mass is 416 g/mol. The Morgan fingerprint density at radius 1 is 1.40 bits per heavy atom. The second-order valence-electron chi connectivity index (χ2n) is 8.89. The van der Waals surface area contributed by atoms with Crippen LogP contribution >= 0.6 is 0 Å². The summed E-state index contributed by atoms with van der Waals surface area (Å²) in [4.78, 5) is 4.29. The van der Waals surface area contributed by atoms with Crippen LogP contribution < -0.4 is 0 Å². The molecule has 166 valence electrons. The van der Waals surface area contributed by atoms with E-state index >= 15 is 0 Å². The van der Waals surface area contributed by atoms with Crippen molar-refractivity contribution in [2.24, 2.45) is 22.7 Å². The molecule has 0 aromatic rings. The third-order valence-electron chi connectivity index (χ3n) is 6.67. The van der Waals surface area contributed by atoms with Gasteiger partial charge < -0.3 is 19.7 Å². The van der Waals surface area contributed by atoms with Crippen molar-refractivity contribution < 1.29 is 19.7 Å². The van der Waals surface area contributed by atoms with Gasteiger partial charge in [0.15, 0.2) is 5.90 Å². The van der Waals surface area contributed by atoms with Crippen molar-refractivity contribution in [1.82, 2.24) is 0 Å². The highest BCUT2D eigenvalue weighted by atomic mass is 16.5. The van der Waals surface area contributed by atoms with E-state index in [1.165, 1.54) is 0 Å². The molecule has 2 aliphatic heterocycles. The van der Waals surface area contributed by atoms with E-state index in [0.29, 0.717) is 31.4 Å². The normalized spacial score (nSPS) is 31.6. The Balaban J connectivity index is 1.57. The van der Waals surface area contributed by atoms with E-state index < -0.39 is 12.2 Å². The van der Waals surface area contributed by atoms with Crippen molar-refractivity contribution >= 4 is 5.90 Å². The number of nitriles is 1. The zero-order valence-corrected chi connectivity index (χ0v) is 18.3. The van der Waals surface area contributed by atoms with Gasteiger partial charge in [0.1, 0.15) is 18.5 Å². The van der Waals surface area contributed by atoms with E-state index in [9.17, 15) is 15.5 Å². The highest BCUT2D eigenvalue weighted by Gasteiger charge is 2.47. The maximum absolute atomic E-state index is 10.5. The molecular weight excluding hydrogens is 380 g/mol. The van der Waals surface area contributed by atoms with E-state index in [4.69, 9.17) is 9.47 Å². The summed E-state index contributed by atoms with van der Waals surface area (Å²) in [7, 11) is 0. The maximum atomic E-state index is 10.5.